The van der Waals surface area contributed by atoms with Crippen LogP contribution in [0.4, 0.5) is 0 Å². The third-order valence-corrected chi connectivity index (χ3v) is 6.95. The van der Waals surface area contributed by atoms with Crippen LogP contribution in [0.1, 0.15) is 45.6 Å². The fourth-order valence-electron chi connectivity index (χ4n) is 5.16. The lowest BCUT2D eigenvalue weighted by molar-refractivity contribution is -1.02. The molecule has 0 amide bonds. The minimum absolute atomic E-state index is 0.334. The maximum absolute atomic E-state index is 10.6. The van der Waals surface area contributed by atoms with Gasteiger partial charge in [-0.2, -0.15) is 0 Å². The molecule has 1 heterocycles. The molecule has 158 valence electrons. The number of nitrogens with one attached hydrogen (secondary N) is 2. The summed E-state index contributed by atoms with van der Waals surface area (Å²) in [5.74, 6) is 2.07. The molecule has 2 aliphatic rings. The lowest BCUT2D eigenvalue weighted by Gasteiger charge is -2.37. The Labute approximate surface area is 171 Å². The second kappa shape index (κ2) is 10.7. The normalized spacial score (nSPS) is 32.4. The molecule has 1 aliphatic carbocycles. The Morgan fingerprint density at radius 1 is 1.04 bits per heavy atom. The average molecular weight is 391 g/mol. The van der Waals surface area contributed by atoms with Gasteiger partial charge in [-0.3, -0.25) is 0 Å². The van der Waals surface area contributed by atoms with E-state index in [-0.39, 0.29) is 6.10 Å². The summed E-state index contributed by atoms with van der Waals surface area (Å²) in [7, 11) is 0. The summed E-state index contributed by atoms with van der Waals surface area (Å²) in [6.07, 6.45) is 3.75. The van der Waals surface area contributed by atoms with Crippen LogP contribution >= 0.6 is 0 Å². The maximum Gasteiger partial charge on any atom is 0.127 e. The first kappa shape index (κ1) is 21.8. The molecular formula is C24H42N2O2+2. The van der Waals surface area contributed by atoms with E-state index in [2.05, 4.69) is 51.1 Å². The van der Waals surface area contributed by atoms with Gasteiger partial charge in [0.05, 0.1) is 12.7 Å². The first-order chi connectivity index (χ1) is 13.5. The standard InChI is InChI=1S/C24H40N2O2/c1-19(2)23-10-9-20(3)15-24(23)28-18-22(27)17-26-13-11-25(12-14-26)16-21-7-5-4-6-8-21/h4-8,19-20,22-24,27H,9-18H2,1-3H3/p+2/t20-,22+,23+,24+/m0/s1. The third-order valence-electron chi connectivity index (χ3n) is 6.95. The number of rotatable bonds is 8. The van der Waals surface area contributed by atoms with Crippen molar-refractivity contribution in [3.63, 3.8) is 0 Å². The monoisotopic (exact) mass is 390 g/mol. The molecule has 0 aromatic heterocycles. The van der Waals surface area contributed by atoms with Crippen LogP contribution in [0.5, 0.6) is 0 Å². The van der Waals surface area contributed by atoms with E-state index in [1.807, 2.05) is 0 Å². The molecule has 0 bridgehead atoms. The van der Waals surface area contributed by atoms with Crippen LogP contribution in [0.25, 0.3) is 0 Å². The zero-order chi connectivity index (χ0) is 19.9. The van der Waals surface area contributed by atoms with Gasteiger partial charge in [-0.05, 0) is 30.6 Å². The van der Waals surface area contributed by atoms with Crippen LogP contribution in [0.15, 0.2) is 30.3 Å². The Balaban J connectivity index is 1.36. The van der Waals surface area contributed by atoms with Crippen molar-refractivity contribution in [2.24, 2.45) is 17.8 Å². The highest BCUT2D eigenvalue weighted by Crippen LogP contribution is 2.35. The van der Waals surface area contributed by atoms with Crippen LogP contribution in [-0.2, 0) is 11.3 Å². The van der Waals surface area contributed by atoms with E-state index in [4.69, 9.17) is 4.74 Å². The highest BCUT2D eigenvalue weighted by Gasteiger charge is 2.32. The number of piperazine rings is 1. The van der Waals surface area contributed by atoms with E-state index in [1.54, 1.807) is 4.90 Å². The molecule has 1 saturated carbocycles. The number of quaternary nitrogens is 2. The highest BCUT2D eigenvalue weighted by molar-refractivity contribution is 5.13. The minimum atomic E-state index is -0.337. The van der Waals surface area contributed by atoms with E-state index in [9.17, 15) is 5.11 Å². The van der Waals surface area contributed by atoms with Gasteiger partial charge in [0.15, 0.2) is 0 Å². The van der Waals surface area contributed by atoms with Gasteiger partial charge in [0.2, 0.25) is 0 Å². The Hall–Kier alpha value is -0.940. The van der Waals surface area contributed by atoms with Gasteiger partial charge >= 0.3 is 0 Å². The number of benzene rings is 1. The van der Waals surface area contributed by atoms with E-state index in [1.165, 1.54) is 36.4 Å². The summed E-state index contributed by atoms with van der Waals surface area (Å²) in [6.45, 7) is 14.1. The van der Waals surface area contributed by atoms with Crippen molar-refractivity contribution in [1.82, 2.24) is 0 Å². The second-order valence-electron chi connectivity index (χ2n) is 9.72. The summed E-state index contributed by atoms with van der Waals surface area (Å²) < 4.78 is 6.26. The molecule has 2 fully saturated rings. The summed E-state index contributed by atoms with van der Waals surface area (Å²) in [4.78, 5) is 3.20. The number of hydrogen-bond acceptors (Lipinski definition) is 2. The van der Waals surface area contributed by atoms with Crippen molar-refractivity contribution in [2.45, 2.75) is 58.8 Å². The molecule has 28 heavy (non-hydrogen) atoms. The largest absolute Gasteiger partial charge is 0.385 e. The quantitative estimate of drug-likeness (QED) is 0.615. The van der Waals surface area contributed by atoms with E-state index in [0.29, 0.717) is 24.5 Å². The Morgan fingerprint density at radius 3 is 2.39 bits per heavy atom. The molecule has 1 aromatic carbocycles. The van der Waals surface area contributed by atoms with E-state index < -0.39 is 0 Å². The van der Waals surface area contributed by atoms with E-state index in [0.717, 1.165) is 38.5 Å². The van der Waals surface area contributed by atoms with Crippen molar-refractivity contribution >= 4 is 0 Å². The van der Waals surface area contributed by atoms with Crippen molar-refractivity contribution in [3.8, 4) is 0 Å². The molecule has 1 aromatic rings. The number of aliphatic hydroxyl groups excluding tert-OH is 1. The lowest BCUT2D eigenvalue weighted by Crippen LogP contribution is -3.28. The molecule has 0 spiro atoms. The van der Waals surface area contributed by atoms with Crippen molar-refractivity contribution in [1.29, 1.82) is 0 Å². The molecular weight excluding hydrogens is 348 g/mol. The number of ether oxygens (including phenoxy) is 1. The fourth-order valence-corrected chi connectivity index (χ4v) is 5.16. The Morgan fingerprint density at radius 2 is 1.71 bits per heavy atom. The molecule has 0 radical (unpaired) electrons. The van der Waals surface area contributed by atoms with Crippen LogP contribution in [0.2, 0.25) is 0 Å². The number of hydrogen-bond donors (Lipinski definition) is 3. The van der Waals surface area contributed by atoms with Crippen LogP contribution in [0, 0.1) is 17.8 Å². The molecule has 1 aliphatic heterocycles. The fraction of sp³-hybridized carbons (Fsp3) is 0.750. The summed E-state index contributed by atoms with van der Waals surface area (Å²) in [6, 6.07) is 10.8. The summed E-state index contributed by atoms with van der Waals surface area (Å²) in [5, 5.41) is 10.6. The van der Waals surface area contributed by atoms with Crippen molar-refractivity contribution < 1.29 is 19.6 Å². The summed E-state index contributed by atoms with van der Waals surface area (Å²) >= 11 is 0. The smallest absolute Gasteiger partial charge is 0.127 e. The molecule has 1 saturated heterocycles. The SMILES string of the molecule is CC(C)[C@H]1CC[C@H](C)C[C@H]1OC[C@H](O)C[NH+]1CC[NH+](Cc2ccccc2)CC1. The second-order valence-corrected chi connectivity index (χ2v) is 9.72. The van der Waals surface area contributed by atoms with Gasteiger partial charge in [-0.25, -0.2) is 0 Å². The molecule has 0 unspecified atom stereocenters. The zero-order valence-electron chi connectivity index (χ0n) is 18.2. The highest BCUT2D eigenvalue weighted by atomic mass is 16.5. The molecule has 4 heteroatoms. The van der Waals surface area contributed by atoms with Crippen molar-refractivity contribution in [2.75, 3.05) is 39.3 Å². The minimum Gasteiger partial charge on any atom is -0.385 e. The zero-order valence-corrected chi connectivity index (χ0v) is 18.2. The van der Waals surface area contributed by atoms with Gasteiger partial charge < -0.3 is 19.6 Å². The predicted molar refractivity (Wildman–Crippen MR) is 113 cm³/mol. The van der Waals surface area contributed by atoms with Crippen LogP contribution in [0.3, 0.4) is 0 Å². The lowest BCUT2D eigenvalue weighted by atomic mass is 9.75. The topological polar surface area (TPSA) is 38.3 Å². The summed E-state index contributed by atoms with van der Waals surface area (Å²) in [5.41, 5.74) is 1.43. The predicted octanol–water partition coefficient (Wildman–Crippen LogP) is 0.808. The van der Waals surface area contributed by atoms with Gasteiger partial charge in [-0.15, -0.1) is 0 Å². The van der Waals surface area contributed by atoms with Crippen LogP contribution < -0.4 is 9.80 Å². The Kier molecular flexibility index (Phi) is 8.34. The van der Waals surface area contributed by atoms with Gasteiger partial charge in [0, 0.05) is 5.56 Å². The van der Waals surface area contributed by atoms with Gasteiger partial charge in [0.25, 0.3) is 0 Å². The average Bonchev–Trinajstić information content (AvgIpc) is 2.68. The Bertz CT molecular complexity index is 557. The molecule has 4 atom stereocenters. The molecule has 4 nitrogen and oxygen atoms in total. The van der Waals surface area contributed by atoms with E-state index >= 15 is 0 Å². The first-order valence-corrected chi connectivity index (χ1v) is 11.5. The van der Waals surface area contributed by atoms with Gasteiger partial charge in [-0.1, -0.05) is 57.5 Å². The molecule has 3 rings (SSSR count). The maximum atomic E-state index is 10.6. The van der Waals surface area contributed by atoms with Crippen molar-refractivity contribution in [3.05, 3.63) is 35.9 Å². The van der Waals surface area contributed by atoms with Crippen LogP contribution in [-0.4, -0.2) is 56.6 Å². The van der Waals surface area contributed by atoms with Gasteiger partial charge in [0.1, 0.15) is 45.4 Å². The number of aliphatic hydroxyl groups is 1. The third kappa shape index (κ3) is 6.55. The first-order valence-electron chi connectivity index (χ1n) is 11.5. The molecule has 3 N–H and O–H groups in total.